The summed E-state index contributed by atoms with van der Waals surface area (Å²) < 4.78 is 0. The highest BCUT2D eigenvalue weighted by Crippen LogP contribution is 2.43. The SMILES string of the molecule is C=C(CC1CC1C)C(C)=C(C)C. The van der Waals surface area contributed by atoms with Crippen molar-refractivity contribution in [3.05, 3.63) is 23.3 Å². The first-order chi connectivity index (χ1) is 5.52. The Bertz CT molecular complexity index is 216. The second kappa shape index (κ2) is 3.47. The van der Waals surface area contributed by atoms with Gasteiger partial charge in [-0.15, -0.1) is 0 Å². The molecule has 0 spiro atoms. The van der Waals surface area contributed by atoms with Crippen molar-refractivity contribution in [1.29, 1.82) is 0 Å². The van der Waals surface area contributed by atoms with Gasteiger partial charge in [-0.25, -0.2) is 0 Å². The van der Waals surface area contributed by atoms with Gasteiger partial charge in [-0.05, 0) is 51.0 Å². The van der Waals surface area contributed by atoms with Gasteiger partial charge in [-0.2, -0.15) is 0 Å². The van der Waals surface area contributed by atoms with Crippen LogP contribution in [0.2, 0.25) is 0 Å². The monoisotopic (exact) mass is 164 g/mol. The van der Waals surface area contributed by atoms with Crippen LogP contribution in [-0.2, 0) is 0 Å². The highest BCUT2D eigenvalue weighted by atomic mass is 14.4. The van der Waals surface area contributed by atoms with Crippen molar-refractivity contribution in [3.63, 3.8) is 0 Å². The molecular formula is C12H20. The van der Waals surface area contributed by atoms with Crippen molar-refractivity contribution in [3.8, 4) is 0 Å². The van der Waals surface area contributed by atoms with Crippen LogP contribution in [0.1, 0.15) is 40.5 Å². The van der Waals surface area contributed by atoms with Gasteiger partial charge in [0.05, 0.1) is 0 Å². The third-order valence-electron chi connectivity index (χ3n) is 3.07. The Balaban J connectivity index is 2.44. The van der Waals surface area contributed by atoms with Crippen LogP contribution in [0, 0.1) is 11.8 Å². The Kier molecular flexibility index (Phi) is 2.76. The van der Waals surface area contributed by atoms with Crippen molar-refractivity contribution >= 4 is 0 Å². The second-order valence-electron chi connectivity index (χ2n) is 4.41. The molecule has 1 aliphatic rings. The van der Waals surface area contributed by atoms with E-state index in [0.29, 0.717) is 0 Å². The smallest absolute Gasteiger partial charge is 0.0251 e. The van der Waals surface area contributed by atoms with E-state index >= 15 is 0 Å². The molecule has 68 valence electrons. The summed E-state index contributed by atoms with van der Waals surface area (Å²) in [5, 5.41) is 0. The van der Waals surface area contributed by atoms with Crippen LogP contribution in [0.4, 0.5) is 0 Å². The van der Waals surface area contributed by atoms with E-state index in [1.165, 1.54) is 29.6 Å². The first kappa shape index (κ1) is 9.57. The van der Waals surface area contributed by atoms with E-state index in [0.717, 1.165) is 11.8 Å². The van der Waals surface area contributed by atoms with Gasteiger partial charge in [0.2, 0.25) is 0 Å². The van der Waals surface area contributed by atoms with E-state index in [1.54, 1.807) is 0 Å². The topological polar surface area (TPSA) is 0 Å². The van der Waals surface area contributed by atoms with Gasteiger partial charge in [-0.3, -0.25) is 0 Å². The summed E-state index contributed by atoms with van der Waals surface area (Å²) in [5.74, 6) is 1.89. The van der Waals surface area contributed by atoms with Gasteiger partial charge in [0, 0.05) is 0 Å². The molecule has 0 amide bonds. The molecule has 1 aliphatic carbocycles. The Morgan fingerprint density at radius 2 is 1.83 bits per heavy atom. The molecule has 0 saturated heterocycles. The molecule has 0 heterocycles. The summed E-state index contributed by atoms with van der Waals surface area (Å²) in [5.41, 5.74) is 4.17. The van der Waals surface area contributed by atoms with E-state index < -0.39 is 0 Å². The number of hydrogen-bond acceptors (Lipinski definition) is 0. The molecule has 0 radical (unpaired) electrons. The summed E-state index contributed by atoms with van der Waals surface area (Å²) in [6.07, 6.45) is 2.63. The third kappa shape index (κ3) is 2.23. The van der Waals surface area contributed by atoms with Crippen LogP contribution in [0.5, 0.6) is 0 Å². The minimum atomic E-state index is 0.937. The minimum Gasteiger partial charge on any atom is -0.0956 e. The summed E-state index contributed by atoms with van der Waals surface area (Å²) >= 11 is 0. The van der Waals surface area contributed by atoms with Gasteiger partial charge >= 0.3 is 0 Å². The predicted molar refractivity (Wildman–Crippen MR) is 55.1 cm³/mol. The van der Waals surface area contributed by atoms with Crippen LogP contribution in [-0.4, -0.2) is 0 Å². The fourth-order valence-electron chi connectivity index (χ4n) is 1.51. The molecule has 2 unspecified atom stereocenters. The van der Waals surface area contributed by atoms with E-state index in [1.807, 2.05) is 0 Å². The van der Waals surface area contributed by atoms with Crippen LogP contribution >= 0.6 is 0 Å². The molecule has 1 rings (SSSR count). The quantitative estimate of drug-likeness (QED) is 0.554. The molecule has 0 aromatic carbocycles. The van der Waals surface area contributed by atoms with E-state index in [4.69, 9.17) is 0 Å². The molecule has 0 heteroatoms. The maximum atomic E-state index is 4.13. The lowest BCUT2D eigenvalue weighted by atomic mass is 9.99. The number of hydrogen-bond donors (Lipinski definition) is 0. The molecular weight excluding hydrogens is 144 g/mol. The zero-order valence-corrected chi connectivity index (χ0v) is 8.78. The normalized spacial score (nSPS) is 26.7. The molecule has 0 bridgehead atoms. The fraction of sp³-hybridized carbons (Fsp3) is 0.667. The largest absolute Gasteiger partial charge is 0.0956 e. The lowest BCUT2D eigenvalue weighted by Gasteiger charge is -2.07. The Hall–Kier alpha value is -0.520. The Morgan fingerprint density at radius 3 is 2.17 bits per heavy atom. The first-order valence-corrected chi connectivity index (χ1v) is 4.84. The minimum absolute atomic E-state index is 0.937. The van der Waals surface area contributed by atoms with Crippen LogP contribution in [0.25, 0.3) is 0 Å². The van der Waals surface area contributed by atoms with E-state index in [9.17, 15) is 0 Å². The molecule has 1 saturated carbocycles. The highest BCUT2D eigenvalue weighted by Gasteiger charge is 2.32. The van der Waals surface area contributed by atoms with Crippen molar-refractivity contribution in [1.82, 2.24) is 0 Å². The summed E-state index contributed by atoms with van der Waals surface area (Å²) in [7, 11) is 0. The maximum Gasteiger partial charge on any atom is -0.0251 e. The Labute approximate surface area is 76.4 Å². The van der Waals surface area contributed by atoms with Gasteiger partial charge < -0.3 is 0 Å². The lowest BCUT2D eigenvalue weighted by molar-refractivity contribution is 0.744. The van der Waals surface area contributed by atoms with Gasteiger partial charge in [0.15, 0.2) is 0 Å². The van der Waals surface area contributed by atoms with Crippen LogP contribution < -0.4 is 0 Å². The van der Waals surface area contributed by atoms with E-state index in [-0.39, 0.29) is 0 Å². The van der Waals surface area contributed by atoms with Crippen molar-refractivity contribution in [2.45, 2.75) is 40.5 Å². The van der Waals surface area contributed by atoms with Crippen molar-refractivity contribution in [2.24, 2.45) is 11.8 Å². The fourth-order valence-corrected chi connectivity index (χ4v) is 1.51. The predicted octanol–water partition coefficient (Wildman–Crippen LogP) is 3.95. The van der Waals surface area contributed by atoms with Crippen molar-refractivity contribution < 1.29 is 0 Å². The van der Waals surface area contributed by atoms with Crippen molar-refractivity contribution in [2.75, 3.05) is 0 Å². The average Bonchev–Trinajstić information content (AvgIpc) is 2.64. The summed E-state index contributed by atoms with van der Waals surface area (Å²) in [6.45, 7) is 13.0. The summed E-state index contributed by atoms with van der Waals surface area (Å²) in [4.78, 5) is 0. The number of rotatable bonds is 3. The molecule has 0 nitrogen and oxygen atoms in total. The zero-order valence-electron chi connectivity index (χ0n) is 8.78. The maximum absolute atomic E-state index is 4.13. The molecule has 0 N–H and O–H groups in total. The van der Waals surface area contributed by atoms with Gasteiger partial charge in [-0.1, -0.05) is 24.6 Å². The molecule has 0 aliphatic heterocycles. The average molecular weight is 164 g/mol. The molecule has 1 fully saturated rings. The van der Waals surface area contributed by atoms with Crippen LogP contribution in [0.15, 0.2) is 23.3 Å². The zero-order chi connectivity index (χ0) is 9.30. The van der Waals surface area contributed by atoms with Gasteiger partial charge in [0.1, 0.15) is 0 Å². The highest BCUT2D eigenvalue weighted by molar-refractivity contribution is 5.30. The molecule has 2 atom stereocenters. The second-order valence-corrected chi connectivity index (χ2v) is 4.41. The number of allylic oxidation sites excluding steroid dienone is 3. The molecule has 0 aromatic rings. The third-order valence-corrected chi connectivity index (χ3v) is 3.07. The van der Waals surface area contributed by atoms with Crippen LogP contribution in [0.3, 0.4) is 0 Å². The Morgan fingerprint density at radius 1 is 1.33 bits per heavy atom. The summed E-state index contributed by atoms with van der Waals surface area (Å²) in [6, 6.07) is 0. The first-order valence-electron chi connectivity index (χ1n) is 4.84. The van der Waals surface area contributed by atoms with E-state index in [2.05, 4.69) is 34.3 Å². The van der Waals surface area contributed by atoms with Gasteiger partial charge in [0.25, 0.3) is 0 Å². The standard InChI is InChI=1S/C12H20/c1-8(2)11(5)9(3)6-12-7-10(12)4/h10,12H,3,6-7H2,1-2,4-5H3. The molecule has 12 heavy (non-hydrogen) atoms. The molecule has 0 aromatic heterocycles. The lowest BCUT2D eigenvalue weighted by Crippen LogP contribution is -1.89.